The molecule has 0 N–H and O–H groups in total. The maximum absolute atomic E-state index is 11.3. The first-order chi connectivity index (χ1) is 8.72. The Hall–Kier alpha value is -1.31. The van der Waals surface area contributed by atoms with Gasteiger partial charge in [0.2, 0.25) is 0 Å². The molecule has 1 fully saturated rings. The number of benzene rings is 1. The first-order valence-electron chi connectivity index (χ1n) is 7.10. The first-order valence-corrected chi connectivity index (χ1v) is 7.10. The molecule has 1 aromatic rings. The van der Waals surface area contributed by atoms with Gasteiger partial charge in [0, 0.05) is 23.8 Å². The van der Waals surface area contributed by atoms with Crippen LogP contribution in [0.3, 0.4) is 0 Å². The third-order valence-electron chi connectivity index (χ3n) is 3.85. The van der Waals surface area contributed by atoms with Gasteiger partial charge in [0.25, 0.3) is 0 Å². The van der Waals surface area contributed by atoms with Crippen LogP contribution >= 0.6 is 0 Å². The zero-order valence-electron chi connectivity index (χ0n) is 11.5. The molecule has 1 unspecified atom stereocenters. The number of piperidine rings is 1. The molecule has 2 nitrogen and oxygen atoms in total. The van der Waals surface area contributed by atoms with Crippen LogP contribution in [0, 0.1) is 0 Å². The van der Waals surface area contributed by atoms with Crippen molar-refractivity contribution in [3.8, 4) is 0 Å². The molecule has 1 saturated heterocycles. The van der Waals surface area contributed by atoms with Crippen LogP contribution in [-0.4, -0.2) is 18.4 Å². The molecule has 0 bridgehead atoms. The largest absolute Gasteiger partial charge is 0.369 e. The molecule has 1 heterocycles. The number of nitrogens with zero attached hydrogens (tertiary/aromatic N) is 1. The molecule has 1 aromatic carbocycles. The van der Waals surface area contributed by atoms with Crippen molar-refractivity contribution >= 4 is 11.5 Å². The van der Waals surface area contributed by atoms with E-state index in [1.807, 2.05) is 12.1 Å². The number of rotatable bonds is 4. The molecular formula is C16H23NO. The molecule has 0 radical (unpaired) electrons. The van der Waals surface area contributed by atoms with Gasteiger partial charge in [-0.05, 0) is 56.9 Å². The highest BCUT2D eigenvalue weighted by molar-refractivity contribution is 5.94. The van der Waals surface area contributed by atoms with E-state index in [-0.39, 0.29) is 5.78 Å². The SMILES string of the molecule is CCCC1CCCCN1c1ccc(C(C)=O)cc1. The van der Waals surface area contributed by atoms with Gasteiger partial charge in [-0.1, -0.05) is 13.3 Å². The quantitative estimate of drug-likeness (QED) is 0.746. The lowest BCUT2D eigenvalue weighted by molar-refractivity contribution is 0.101. The average molecular weight is 245 g/mol. The van der Waals surface area contributed by atoms with Gasteiger partial charge in [0.1, 0.15) is 0 Å². The Bertz CT molecular complexity index is 394. The third kappa shape index (κ3) is 2.92. The van der Waals surface area contributed by atoms with Crippen LogP contribution in [0.15, 0.2) is 24.3 Å². The van der Waals surface area contributed by atoms with Crippen molar-refractivity contribution in [1.29, 1.82) is 0 Å². The lowest BCUT2D eigenvalue weighted by Gasteiger charge is -2.37. The summed E-state index contributed by atoms with van der Waals surface area (Å²) in [6.45, 7) is 5.03. The van der Waals surface area contributed by atoms with E-state index in [1.54, 1.807) is 6.92 Å². The first kappa shape index (κ1) is 13.1. The van der Waals surface area contributed by atoms with Crippen LogP contribution < -0.4 is 4.90 Å². The summed E-state index contributed by atoms with van der Waals surface area (Å²) in [4.78, 5) is 13.8. The number of carbonyl (C=O) groups is 1. The molecule has 1 aliphatic rings. The van der Waals surface area contributed by atoms with Gasteiger partial charge in [0.15, 0.2) is 5.78 Å². The summed E-state index contributed by atoms with van der Waals surface area (Å²) in [5.74, 6) is 0.144. The highest BCUT2D eigenvalue weighted by atomic mass is 16.1. The average Bonchev–Trinajstić information content (AvgIpc) is 2.40. The van der Waals surface area contributed by atoms with Crippen LogP contribution in [-0.2, 0) is 0 Å². The highest BCUT2D eigenvalue weighted by Gasteiger charge is 2.21. The molecule has 0 saturated carbocycles. The summed E-state index contributed by atoms with van der Waals surface area (Å²) in [7, 11) is 0. The minimum Gasteiger partial charge on any atom is -0.369 e. The molecule has 0 aliphatic carbocycles. The Labute approximate surface area is 110 Å². The number of hydrogen-bond acceptors (Lipinski definition) is 2. The van der Waals surface area contributed by atoms with E-state index in [0.29, 0.717) is 6.04 Å². The van der Waals surface area contributed by atoms with E-state index in [4.69, 9.17) is 0 Å². The summed E-state index contributed by atoms with van der Waals surface area (Å²) >= 11 is 0. The summed E-state index contributed by atoms with van der Waals surface area (Å²) in [6, 6.07) is 8.80. The second-order valence-electron chi connectivity index (χ2n) is 5.23. The molecule has 2 heteroatoms. The molecule has 98 valence electrons. The van der Waals surface area contributed by atoms with Crippen molar-refractivity contribution < 1.29 is 4.79 Å². The second-order valence-corrected chi connectivity index (χ2v) is 5.23. The lowest BCUT2D eigenvalue weighted by Crippen LogP contribution is -2.39. The van der Waals surface area contributed by atoms with Gasteiger partial charge >= 0.3 is 0 Å². The standard InChI is InChI=1S/C16H23NO/c1-3-6-15-7-4-5-12-17(15)16-10-8-14(9-11-16)13(2)18/h8-11,15H,3-7,12H2,1-2H3. The minimum atomic E-state index is 0.144. The molecule has 2 rings (SSSR count). The summed E-state index contributed by atoms with van der Waals surface area (Å²) in [5, 5.41) is 0. The molecular weight excluding hydrogens is 222 g/mol. The Balaban J connectivity index is 2.15. The van der Waals surface area contributed by atoms with Crippen molar-refractivity contribution in [1.82, 2.24) is 0 Å². The molecule has 1 aliphatic heterocycles. The lowest BCUT2D eigenvalue weighted by atomic mass is 9.97. The fourth-order valence-electron chi connectivity index (χ4n) is 2.86. The second kappa shape index (κ2) is 6.03. The van der Waals surface area contributed by atoms with Crippen LogP contribution in [0.1, 0.15) is 56.3 Å². The molecule has 0 amide bonds. The van der Waals surface area contributed by atoms with Crippen molar-refractivity contribution in [2.75, 3.05) is 11.4 Å². The number of anilines is 1. The molecule has 1 atom stereocenters. The normalized spacial score (nSPS) is 19.9. The van der Waals surface area contributed by atoms with E-state index >= 15 is 0 Å². The Morgan fingerprint density at radius 2 is 2.00 bits per heavy atom. The molecule has 18 heavy (non-hydrogen) atoms. The predicted octanol–water partition coefficient (Wildman–Crippen LogP) is 4.05. The predicted molar refractivity (Wildman–Crippen MR) is 76.3 cm³/mol. The van der Waals surface area contributed by atoms with E-state index in [0.717, 1.165) is 12.1 Å². The van der Waals surface area contributed by atoms with E-state index < -0.39 is 0 Å². The summed E-state index contributed by atoms with van der Waals surface area (Å²) in [5.41, 5.74) is 2.08. The highest BCUT2D eigenvalue weighted by Crippen LogP contribution is 2.27. The van der Waals surface area contributed by atoms with Crippen LogP contribution in [0.4, 0.5) is 5.69 Å². The number of Topliss-reactive ketones (excluding diaryl/α,β-unsaturated/α-hetero) is 1. The van der Waals surface area contributed by atoms with E-state index in [2.05, 4.69) is 24.0 Å². The van der Waals surface area contributed by atoms with Crippen molar-refractivity contribution in [3.05, 3.63) is 29.8 Å². The third-order valence-corrected chi connectivity index (χ3v) is 3.85. The minimum absolute atomic E-state index is 0.144. The smallest absolute Gasteiger partial charge is 0.159 e. The van der Waals surface area contributed by atoms with Crippen molar-refractivity contribution in [3.63, 3.8) is 0 Å². The summed E-state index contributed by atoms with van der Waals surface area (Å²) < 4.78 is 0. The Morgan fingerprint density at radius 3 is 2.61 bits per heavy atom. The van der Waals surface area contributed by atoms with Gasteiger partial charge < -0.3 is 4.90 Å². The number of ketones is 1. The van der Waals surface area contributed by atoms with Crippen LogP contribution in [0.2, 0.25) is 0 Å². The van der Waals surface area contributed by atoms with Crippen molar-refractivity contribution in [2.45, 2.75) is 52.0 Å². The fourth-order valence-corrected chi connectivity index (χ4v) is 2.86. The van der Waals surface area contributed by atoms with Crippen LogP contribution in [0.25, 0.3) is 0 Å². The van der Waals surface area contributed by atoms with Gasteiger partial charge in [-0.2, -0.15) is 0 Å². The molecule has 0 spiro atoms. The fraction of sp³-hybridized carbons (Fsp3) is 0.562. The summed E-state index contributed by atoms with van der Waals surface area (Å²) in [6.07, 6.45) is 6.46. The van der Waals surface area contributed by atoms with Crippen LogP contribution in [0.5, 0.6) is 0 Å². The monoisotopic (exact) mass is 245 g/mol. The topological polar surface area (TPSA) is 20.3 Å². The zero-order valence-corrected chi connectivity index (χ0v) is 11.5. The zero-order chi connectivity index (χ0) is 13.0. The van der Waals surface area contributed by atoms with Crippen molar-refractivity contribution in [2.24, 2.45) is 0 Å². The number of carbonyl (C=O) groups excluding carboxylic acids is 1. The Kier molecular flexibility index (Phi) is 4.40. The molecule has 0 aromatic heterocycles. The van der Waals surface area contributed by atoms with Gasteiger partial charge in [-0.3, -0.25) is 4.79 Å². The maximum atomic E-state index is 11.3. The van der Waals surface area contributed by atoms with E-state index in [1.165, 1.54) is 37.8 Å². The maximum Gasteiger partial charge on any atom is 0.159 e. The number of hydrogen-bond donors (Lipinski definition) is 0. The van der Waals surface area contributed by atoms with Gasteiger partial charge in [-0.25, -0.2) is 0 Å². The van der Waals surface area contributed by atoms with E-state index in [9.17, 15) is 4.79 Å². The Morgan fingerprint density at radius 1 is 1.28 bits per heavy atom. The van der Waals surface area contributed by atoms with Gasteiger partial charge in [-0.15, -0.1) is 0 Å². The van der Waals surface area contributed by atoms with Gasteiger partial charge in [0.05, 0.1) is 0 Å².